The van der Waals surface area contributed by atoms with Gasteiger partial charge in [-0.15, -0.1) is 0 Å². The van der Waals surface area contributed by atoms with Gasteiger partial charge in [-0.05, 0) is 43.7 Å². The predicted molar refractivity (Wildman–Crippen MR) is 104 cm³/mol. The van der Waals surface area contributed by atoms with E-state index >= 15 is 0 Å². The van der Waals surface area contributed by atoms with E-state index in [1.54, 1.807) is 24.3 Å². The first kappa shape index (κ1) is 16.5. The van der Waals surface area contributed by atoms with Gasteiger partial charge < -0.3 is 0 Å². The summed E-state index contributed by atoms with van der Waals surface area (Å²) < 4.78 is 28.2. The third kappa shape index (κ3) is 2.70. The highest BCUT2D eigenvalue weighted by Gasteiger charge is 2.25. The van der Waals surface area contributed by atoms with E-state index < -0.39 is 10.0 Å². The smallest absolute Gasteiger partial charge is 0.227 e. The van der Waals surface area contributed by atoms with E-state index in [4.69, 9.17) is 0 Å². The average Bonchev–Trinajstić information content (AvgIpc) is 3.02. The second kappa shape index (κ2) is 6.11. The lowest BCUT2D eigenvalue weighted by Crippen LogP contribution is -2.14. The fraction of sp³-hybridized carbons (Fsp3) is 0.0952. The lowest BCUT2D eigenvalue weighted by atomic mass is 10.2. The molecule has 0 spiro atoms. The first-order valence-corrected chi connectivity index (χ1v) is 9.77. The summed E-state index contributed by atoms with van der Waals surface area (Å²) in [5, 5.41) is 0. The molecule has 0 N–H and O–H groups in total. The van der Waals surface area contributed by atoms with E-state index in [1.165, 1.54) is 3.97 Å². The summed E-state index contributed by atoms with van der Waals surface area (Å²) in [6.07, 6.45) is 0. The van der Waals surface area contributed by atoms with E-state index in [0.717, 1.165) is 16.7 Å². The fourth-order valence-electron chi connectivity index (χ4n) is 3.00. The van der Waals surface area contributed by atoms with E-state index in [0.29, 0.717) is 16.9 Å². The number of fused-ring (bicyclic) bond motifs is 1. The third-order valence-corrected chi connectivity index (χ3v) is 6.08. The maximum absolute atomic E-state index is 13.4. The van der Waals surface area contributed by atoms with E-state index in [1.807, 2.05) is 62.4 Å². The van der Waals surface area contributed by atoms with Crippen LogP contribution in [0.25, 0.3) is 22.4 Å². The molecule has 1 aromatic heterocycles. The number of aryl methyl sites for hydroxylation is 2. The Morgan fingerprint density at radius 1 is 0.808 bits per heavy atom. The van der Waals surface area contributed by atoms with Crippen LogP contribution < -0.4 is 0 Å². The monoisotopic (exact) mass is 362 g/mol. The quantitative estimate of drug-likeness (QED) is 0.537. The van der Waals surface area contributed by atoms with Gasteiger partial charge in [-0.25, -0.2) is 17.4 Å². The summed E-state index contributed by atoms with van der Waals surface area (Å²) >= 11 is 0. The zero-order valence-electron chi connectivity index (χ0n) is 14.5. The van der Waals surface area contributed by atoms with Crippen LogP contribution in [0.2, 0.25) is 0 Å². The number of benzene rings is 3. The molecule has 0 saturated heterocycles. The minimum absolute atomic E-state index is 0.250. The summed E-state index contributed by atoms with van der Waals surface area (Å²) in [4.78, 5) is 4.89. The first-order valence-electron chi connectivity index (χ1n) is 8.33. The molecule has 1 heterocycles. The van der Waals surface area contributed by atoms with Crippen LogP contribution in [0.1, 0.15) is 11.1 Å². The first-order chi connectivity index (χ1) is 12.5. The number of rotatable bonds is 3. The number of aromatic nitrogens is 2. The highest BCUT2D eigenvalue weighted by molar-refractivity contribution is 7.90. The van der Waals surface area contributed by atoms with Gasteiger partial charge in [0, 0.05) is 5.56 Å². The van der Waals surface area contributed by atoms with Crippen LogP contribution in [-0.4, -0.2) is 17.4 Å². The van der Waals surface area contributed by atoms with Crippen LogP contribution in [0.15, 0.2) is 77.7 Å². The van der Waals surface area contributed by atoms with Crippen LogP contribution in [-0.2, 0) is 10.0 Å². The Morgan fingerprint density at radius 3 is 2.15 bits per heavy atom. The summed E-state index contributed by atoms with van der Waals surface area (Å²) in [6, 6.07) is 21.9. The third-order valence-electron chi connectivity index (χ3n) is 4.36. The molecule has 0 aliphatic carbocycles. The Morgan fingerprint density at radius 2 is 1.46 bits per heavy atom. The van der Waals surface area contributed by atoms with Crippen molar-refractivity contribution in [1.82, 2.24) is 8.96 Å². The van der Waals surface area contributed by atoms with Crippen molar-refractivity contribution >= 4 is 21.1 Å². The molecular formula is C21H18N2O2S. The van der Waals surface area contributed by atoms with Gasteiger partial charge in [0.1, 0.15) is 0 Å². The second-order valence-electron chi connectivity index (χ2n) is 6.38. The molecular weight excluding hydrogens is 344 g/mol. The standard InChI is InChI=1S/C21H18N2O2S/c1-15-8-11-18(12-9-15)26(24,25)23-20-13-10-16(2)14-19(20)22-21(23)17-6-4-3-5-7-17/h3-14H,1-2H3. The van der Waals surface area contributed by atoms with Crippen molar-refractivity contribution in [3.8, 4) is 11.4 Å². The lowest BCUT2D eigenvalue weighted by molar-refractivity contribution is 0.589. The molecule has 4 nitrogen and oxygen atoms in total. The Kier molecular flexibility index (Phi) is 3.89. The highest BCUT2D eigenvalue weighted by atomic mass is 32.2. The van der Waals surface area contributed by atoms with Crippen LogP contribution in [0, 0.1) is 13.8 Å². The highest BCUT2D eigenvalue weighted by Crippen LogP contribution is 2.30. The van der Waals surface area contributed by atoms with Gasteiger partial charge in [0.15, 0.2) is 5.82 Å². The molecule has 4 aromatic rings. The Balaban J connectivity index is 2.06. The molecule has 0 unspecified atom stereocenters. The zero-order valence-corrected chi connectivity index (χ0v) is 15.4. The molecule has 0 amide bonds. The molecule has 0 saturated carbocycles. The van der Waals surface area contributed by atoms with Gasteiger partial charge in [-0.1, -0.05) is 54.1 Å². The molecule has 130 valence electrons. The SMILES string of the molecule is Cc1ccc(S(=O)(=O)n2c(-c3ccccc3)nc3cc(C)ccc32)cc1. The molecule has 5 heteroatoms. The van der Waals surface area contributed by atoms with Crippen molar-refractivity contribution in [1.29, 1.82) is 0 Å². The summed E-state index contributed by atoms with van der Waals surface area (Å²) in [6.45, 7) is 3.90. The largest absolute Gasteiger partial charge is 0.269 e. The van der Waals surface area contributed by atoms with Gasteiger partial charge in [0.25, 0.3) is 10.0 Å². The van der Waals surface area contributed by atoms with Crippen LogP contribution in [0.5, 0.6) is 0 Å². The van der Waals surface area contributed by atoms with Gasteiger partial charge >= 0.3 is 0 Å². The molecule has 0 aliphatic rings. The van der Waals surface area contributed by atoms with Crippen LogP contribution in [0.4, 0.5) is 0 Å². The molecule has 0 fully saturated rings. The van der Waals surface area contributed by atoms with Crippen LogP contribution >= 0.6 is 0 Å². The topological polar surface area (TPSA) is 52.0 Å². The van der Waals surface area contributed by atoms with E-state index in [-0.39, 0.29) is 4.90 Å². The van der Waals surface area contributed by atoms with Gasteiger partial charge in [-0.3, -0.25) is 0 Å². The zero-order chi connectivity index (χ0) is 18.3. The molecule has 0 atom stereocenters. The molecule has 0 bridgehead atoms. The normalized spacial score (nSPS) is 11.8. The number of imidazole rings is 1. The molecule has 4 rings (SSSR count). The van der Waals surface area contributed by atoms with Crippen molar-refractivity contribution in [3.05, 3.63) is 83.9 Å². The number of nitrogens with zero attached hydrogens (tertiary/aromatic N) is 2. The molecule has 3 aromatic carbocycles. The lowest BCUT2D eigenvalue weighted by Gasteiger charge is -2.11. The Bertz CT molecular complexity index is 1190. The fourth-order valence-corrected chi connectivity index (χ4v) is 4.47. The molecule has 0 aliphatic heterocycles. The molecule has 0 radical (unpaired) electrons. The van der Waals surface area contributed by atoms with Gasteiger partial charge in [-0.2, -0.15) is 0 Å². The van der Waals surface area contributed by atoms with Gasteiger partial charge in [0.05, 0.1) is 15.9 Å². The summed E-state index contributed by atoms with van der Waals surface area (Å²) in [5.41, 5.74) is 4.06. The summed E-state index contributed by atoms with van der Waals surface area (Å²) in [5.74, 6) is 0.423. The van der Waals surface area contributed by atoms with Gasteiger partial charge in [0.2, 0.25) is 0 Å². The maximum atomic E-state index is 13.4. The van der Waals surface area contributed by atoms with Crippen molar-refractivity contribution in [2.75, 3.05) is 0 Å². The van der Waals surface area contributed by atoms with Crippen molar-refractivity contribution < 1.29 is 8.42 Å². The number of hydrogen-bond acceptors (Lipinski definition) is 3. The van der Waals surface area contributed by atoms with E-state index in [9.17, 15) is 8.42 Å². The Hall–Kier alpha value is -2.92. The van der Waals surface area contributed by atoms with E-state index in [2.05, 4.69) is 4.98 Å². The minimum Gasteiger partial charge on any atom is -0.227 e. The Labute approximate surface area is 152 Å². The van der Waals surface area contributed by atoms with Crippen molar-refractivity contribution in [2.24, 2.45) is 0 Å². The maximum Gasteiger partial charge on any atom is 0.269 e. The average molecular weight is 362 g/mol. The van der Waals surface area contributed by atoms with Crippen molar-refractivity contribution in [2.45, 2.75) is 18.7 Å². The minimum atomic E-state index is -3.78. The molecule has 26 heavy (non-hydrogen) atoms. The van der Waals surface area contributed by atoms with Crippen LogP contribution in [0.3, 0.4) is 0 Å². The second-order valence-corrected chi connectivity index (χ2v) is 8.16. The summed E-state index contributed by atoms with van der Waals surface area (Å²) in [7, 11) is -3.78. The van der Waals surface area contributed by atoms with Crippen molar-refractivity contribution in [3.63, 3.8) is 0 Å². The predicted octanol–water partition coefficient (Wildman–Crippen LogP) is 4.56. The number of hydrogen-bond donors (Lipinski definition) is 0.